The molecule has 4 heteroatoms. The lowest BCUT2D eigenvalue weighted by molar-refractivity contribution is 0.669. The monoisotopic (exact) mass is 675 g/mol. The smallest absolute Gasteiger partial charge is 0.136 e. The van der Waals surface area contributed by atoms with Crippen LogP contribution in [0.2, 0.25) is 0 Å². The summed E-state index contributed by atoms with van der Waals surface area (Å²) in [5.74, 6) is 0. The number of rotatable bonds is 4. The number of hydrogen-bond acceptors (Lipinski definition) is 2. The van der Waals surface area contributed by atoms with E-state index < -0.39 is 0 Å². The standard InChI is InChI=1S/C49H29N3O/c50-30-32-12-4-5-15-37(32)34-24-33(31-22-23-46-41(27-31)38-16-6-9-19-44(38)51(46)35-13-2-1-3-14-35)25-36(26-34)52-45-20-10-7-17-39(45)42-29-49-43(28-47(42)52)40-18-8-11-21-48(40)53-49/h1-29H. The van der Waals surface area contributed by atoms with Gasteiger partial charge in [0.2, 0.25) is 0 Å². The zero-order valence-corrected chi connectivity index (χ0v) is 28.5. The predicted octanol–water partition coefficient (Wildman–Crippen LogP) is 13.0. The second kappa shape index (κ2) is 11.3. The van der Waals surface area contributed by atoms with Crippen molar-refractivity contribution in [1.82, 2.24) is 9.13 Å². The molecule has 0 aliphatic rings. The van der Waals surface area contributed by atoms with Crippen LogP contribution >= 0.6 is 0 Å². The second-order valence-corrected chi connectivity index (χ2v) is 13.7. The quantitative estimate of drug-likeness (QED) is 0.186. The van der Waals surface area contributed by atoms with Gasteiger partial charge in [0.25, 0.3) is 0 Å². The topological polar surface area (TPSA) is 46.8 Å². The first kappa shape index (κ1) is 29.4. The van der Waals surface area contributed by atoms with Crippen molar-refractivity contribution < 1.29 is 4.42 Å². The summed E-state index contributed by atoms with van der Waals surface area (Å²) in [6.07, 6.45) is 0. The van der Waals surface area contributed by atoms with Gasteiger partial charge in [0.15, 0.2) is 0 Å². The van der Waals surface area contributed by atoms with Crippen LogP contribution in [0.25, 0.3) is 99.2 Å². The van der Waals surface area contributed by atoms with E-state index in [1.54, 1.807) is 0 Å². The third kappa shape index (κ3) is 4.41. The first-order valence-corrected chi connectivity index (χ1v) is 17.8. The van der Waals surface area contributed by atoms with Gasteiger partial charge in [-0.2, -0.15) is 5.26 Å². The molecule has 0 fully saturated rings. The summed E-state index contributed by atoms with van der Waals surface area (Å²) < 4.78 is 11.1. The Labute approximate surface area is 304 Å². The van der Waals surface area contributed by atoms with Crippen molar-refractivity contribution in [2.75, 3.05) is 0 Å². The van der Waals surface area contributed by atoms with E-state index in [1.807, 2.05) is 36.4 Å². The van der Waals surface area contributed by atoms with E-state index in [4.69, 9.17) is 4.42 Å². The van der Waals surface area contributed by atoms with Crippen molar-refractivity contribution in [1.29, 1.82) is 5.26 Å². The molecule has 3 aromatic heterocycles. The molecular formula is C49H29N3O. The van der Waals surface area contributed by atoms with Gasteiger partial charge >= 0.3 is 0 Å². The maximum absolute atomic E-state index is 10.2. The summed E-state index contributed by atoms with van der Waals surface area (Å²) in [5.41, 5.74) is 13.2. The minimum absolute atomic E-state index is 0.644. The lowest BCUT2D eigenvalue weighted by atomic mass is 9.94. The van der Waals surface area contributed by atoms with E-state index in [1.165, 1.54) is 16.3 Å². The molecule has 4 nitrogen and oxygen atoms in total. The zero-order valence-electron chi connectivity index (χ0n) is 28.5. The highest BCUT2D eigenvalue weighted by molar-refractivity contribution is 6.17. The largest absolute Gasteiger partial charge is 0.456 e. The Hall–Kier alpha value is -7.35. The summed E-state index contributed by atoms with van der Waals surface area (Å²) in [4.78, 5) is 0. The molecular weight excluding hydrogens is 647 g/mol. The Morgan fingerprint density at radius 2 is 1.00 bits per heavy atom. The molecule has 11 aromatic rings. The average molecular weight is 676 g/mol. The van der Waals surface area contributed by atoms with Gasteiger partial charge in [-0.05, 0) is 101 Å². The number of hydrogen-bond donors (Lipinski definition) is 0. The molecule has 0 saturated carbocycles. The maximum Gasteiger partial charge on any atom is 0.136 e. The fourth-order valence-electron chi connectivity index (χ4n) is 8.37. The molecule has 0 bridgehead atoms. The Kier molecular flexibility index (Phi) is 6.28. The van der Waals surface area contributed by atoms with E-state index in [-0.39, 0.29) is 0 Å². The molecule has 11 rings (SSSR count). The summed E-state index contributed by atoms with van der Waals surface area (Å²) >= 11 is 0. The molecule has 0 radical (unpaired) electrons. The molecule has 0 atom stereocenters. The summed E-state index contributed by atoms with van der Waals surface area (Å²) in [7, 11) is 0. The molecule has 3 heterocycles. The zero-order chi connectivity index (χ0) is 35.0. The number of aromatic nitrogens is 2. The third-order valence-corrected chi connectivity index (χ3v) is 10.7. The van der Waals surface area contributed by atoms with E-state index >= 15 is 0 Å². The van der Waals surface area contributed by atoms with Gasteiger partial charge in [-0.3, -0.25) is 0 Å². The highest BCUT2D eigenvalue weighted by Crippen LogP contribution is 2.41. The number of benzene rings is 8. The molecule has 0 aliphatic carbocycles. The van der Waals surface area contributed by atoms with Crippen LogP contribution in [0.15, 0.2) is 180 Å². The normalized spacial score (nSPS) is 11.8. The van der Waals surface area contributed by atoms with Gasteiger partial charge < -0.3 is 13.6 Å². The molecule has 8 aromatic carbocycles. The van der Waals surface area contributed by atoms with E-state index in [9.17, 15) is 5.26 Å². The molecule has 0 spiro atoms. The van der Waals surface area contributed by atoms with Gasteiger partial charge in [0.1, 0.15) is 11.2 Å². The highest BCUT2D eigenvalue weighted by Gasteiger charge is 2.19. The Morgan fingerprint density at radius 1 is 0.377 bits per heavy atom. The summed E-state index contributed by atoms with van der Waals surface area (Å²) in [6, 6.07) is 64.3. The van der Waals surface area contributed by atoms with Gasteiger partial charge in [-0.1, -0.05) is 97.1 Å². The summed E-state index contributed by atoms with van der Waals surface area (Å²) in [5, 5.41) is 17.1. The van der Waals surface area contributed by atoms with Gasteiger partial charge in [0, 0.05) is 43.7 Å². The fourth-order valence-corrected chi connectivity index (χ4v) is 8.37. The SMILES string of the molecule is N#Cc1ccccc1-c1cc(-c2ccc3c(c2)c2ccccc2n3-c2ccccc2)cc(-n2c3ccccc3c3cc4oc5ccccc5c4cc32)c1. The number of para-hydroxylation sites is 4. The number of nitrogens with zero attached hydrogens (tertiary/aromatic N) is 3. The predicted molar refractivity (Wildman–Crippen MR) is 218 cm³/mol. The molecule has 0 aliphatic heterocycles. The maximum atomic E-state index is 10.2. The minimum atomic E-state index is 0.644. The van der Waals surface area contributed by atoms with Crippen LogP contribution in [0.3, 0.4) is 0 Å². The van der Waals surface area contributed by atoms with Crippen molar-refractivity contribution in [3.05, 3.63) is 181 Å². The van der Waals surface area contributed by atoms with Crippen LogP contribution in [0, 0.1) is 11.3 Å². The van der Waals surface area contributed by atoms with Crippen molar-refractivity contribution in [2.24, 2.45) is 0 Å². The Morgan fingerprint density at radius 3 is 1.79 bits per heavy atom. The van der Waals surface area contributed by atoms with Crippen molar-refractivity contribution in [2.45, 2.75) is 0 Å². The number of fused-ring (bicyclic) bond motifs is 9. The van der Waals surface area contributed by atoms with E-state index in [0.717, 1.165) is 82.9 Å². The molecule has 53 heavy (non-hydrogen) atoms. The molecule has 0 saturated heterocycles. The van der Waals surface area contributed by atoms with Crippen LogP contribution in [0.4, 0.5) is 0 Å². The molecule has 0 N–H and O–H groups in total. The second-order valence-electron chi connectivity index (χ2n) is 13.7. The van der Waals surface area contributed by atoms with Crippen molar-refractivity contribution in [3.63, 3.8) is 0 Å². The van der Waals surface area contributed by atoms with Crippen LogP contribution in [-0.4, -0.2) is 9.13 Å². The molecule has 0 unspecified atom stereocenters. The van der Waals surface area contributed by atoms with Gasteiger partial charge in [-0.15, -0.1) is 0 Å². The summed E-state index contributed by atoms with van der Waals surface area (Å²) in [6.45, 7) is 0. The number of furan rings is 1. The Balaban J connectivity index is 1.21. The Bertz CT molecular complexity index is 3300. The van der Waals surface area contributed by atoms with Crippen molar-refractivity contribution in [3.8, 4) is 39.7 Å². The van der Waals surface area contributed by atoms with E-state index in [0.29, 0.717) is 5.56 Å². The van der Waals surface area contributed by atoms with Crippen LogP contribution < -0.4 is 0 Å². The van der Waals surface area contributed by atoms with Crippen LogP contribution in [0.5, 0.6) is 0 Å². The molecule has 0 amide bonds. The highest BCUT2D eigenvalue weighted by atomic mass is 16.3. The van der Waals surface area contributed by atoms with Crippen LogP contribution in [0.1, 0.15) is 5.56 Å². The molecule has 246 valence electrons. The first-order chi connectivity index (χ1) is 26.2. The first-order valence-electron chi connectivity index (χ1n) is 17.8. The van der Waals surface area contributed by atoms with Gasteiger partial charge in [-0.25, -0.2) is 0 Å². The number of nitriles is 1. The lowest BCUT2D eigenvalue weighted by Crippen LogP contribution is -1.97. The average Bonchev–Trinajstić information content (AvgIpc) is 3.87. The third-order valence-electron chi connectivity index (χ3n) is 10.7. The minimum Gasteiger partial charge on any atom is -0.456 e. The van der Waals surface area contributed by atoms with E-state index in [2.05, 4.69) is 155 Å². The van der Waals surface area contributed by atoms with Crippen LogP contribution in [-0.2, 0) is 0 Å². The van der Waals surface area contributed by atoms with Crippen molar-refractivity contribution >= 4 is 65.6 Å². The lowest BCUT2D eigenvalue weighted by Gasteiger charge is -2.15. The van der Waals surface area contributed by atoms with Gasteiger partial charge in [0.05, 0.1) is 33.7 Å². The fraction of sp³-hybridized carbons (Fsp3) is 0.